The van der Waals surface area contributed by atoms with Crippen LogP contribution in [0.2, 0.25) is 0 Å². The quantitative estimate of drug-likeness (QED) is 0.858. The first-order chi connectivity index (χ1) is 7.79. The lowest BCUT2D eigenvalue weighted by atomic mass is 10.1. The van der Waals surface area contributed by atoms with Crippen LogP contribution in [0.3, 0.4) is 0 Å². The topological polar surface area (TPSA) is 49.3 Å². The van der Waals surface area contributed by atoms with Crippen molar-refractivity contribution in [2.75, 3.05) is 0 Å². The highest BCUT2D eigenvalue weighted by Gasteiger charge is 2.39. The van der Waals surface area contributed by atoms with E-state index in [1.165, 1.54) is 19.1 Å². The number of halogens is 3. The molecule has 0 aliphatic carbocycles. The van der Waals surface area contributed by atoms with Crippen LogP contribution in [0.15, 0.2) is 24.3 Å². The summed E-state index contributed by atoms with van der Waals surface area (Å²) in [6, 6.07) is 5.42. The van der Waals surface area contributed by atoms with Gasteiger partial charge in [0.2, 0.25) is 0 Å². The van der Waals surface area contributed by atoms with Crippen molar-refractivity contribution in [2.45, 2.75) is 25.6 Å². The zero-order chi connectivity index (χ0) is 13.1. The fourth-order valence-electron chi connectivity index (χ4n) is 1.34. The Bertz CT molecular complexity index is 387. The number of hydrogen-bond donors (Lipinski definition) is 2. The molecular weight excluding hydrogens is 235 g/mol. The summed E-state index contributed by atoms with van der Waals surface area (Å²) in [6.45, 7) is 1.48. The summed E-state index contributed by atoms with van der Waals surface area (Å²) in [5.74, 6) is -1.86. The van der Waals surface area contributed by atoms with Crippen LogP contribution >= 0.6 is 0 Å². The van der Waals surface area contributed by atoms with E-state index in [9.17, 15) is 18.0 Å². The molecule has 1 unspecified atom stereocenters. The van der Waals surface area contributed by atoms with E-state index in [1.54, 1.807) is 12.1 Å². The van der Waals surface area contributed by atoms with E-state index in [0.29, 0.717) is 0 Å². The summed E-state index contributed by atoms with van der Waals surface area (Å²) >= 11 is 0. The molecule has 1 aromatic carbocycles. The number of rotatable bonds is 3. The average Bonchev–Trinajstić information content (AvgIpc) is 2.20. The summed E-state index contributed by atoms with van der Waals surface area (Å²) in [4.78, 5) is 10.6. The van der Waals surface area contributed by atoms with Crippen LogP contribution in [0, 0.1) is 0 Å². The molecule has 6 heteroatoms. The third-order valence-electron chi connectivity index (χ3n) is 2.11. The van der Waals surface area contributed by atoms with Gasteiger partial charge in [-0.25, -0.2) is 0 Å². The minimum Gasteiger partial charge on any atom is -0.508 e. The number of phenols is 1. The Labute approximate surface area is 96.3 Å². The molecule has 0 radical (unpaired) electrons. The average molecular weight is 247 g/mol. The smallest absolute Gasteiger partial charge is 0.471 e. The maximum absolute atomic E-state index is 12.0. The van der Waals surface area contributed by atoms with Crippen LogP contribution in [0.1, 0.15) is 12.5 Å². The Morgan fingerprint density at radius 1 is 1.35 bits per heavy atom. The molecule has 1 atom stereocenters. The van der Waals surface area contributed by atoms with Gasteiger partial charge in [-0.1, -0.05) is 12.1 Å². The number of phenolic OH excluding ortho intramolecular Hbond substituents is 1. The van der Waals surface area contributed by atoms with Crippen molar-refractivity contribution in [3.8, 4) is 5.75 Å². The number of hydrogen-bond acceptors (Lipinski definition) is 2. The van der Waals surface area contributed by atoms with Gasteiger partial charge in [0, 0.05) is 6.04 Å². The van der Waals surface area contributed by atoms with E-state index < -0.39 is 18.1 Å². The number of carbonyl (C=O) groups is 1. The van der Waals surface area contributed by atoms with Crippen molar-refractivity contribution < 1.29 is 23.1 Å². The van der Waals surface area contributed by atoms with Crippen molar-refractivity contribution in [1.29, 1.82) is 0 Å². The molecule has 0 spiro atoms. The van der Waals surface area contributed by atoms with Gasteiger partial charge in [-0.3, -0.25) is 4.79 Å². The summed E-state index contributed by atoms with van der Waals surface area (Å²) in [7, 11) is 0. The third-order valence-corrected chi connectivity index (χ3v) is 2.11. The van der Waals surface area contributed by atoms with Crippen molar-refractivity contribution in [1.82, 2.24) is 5.32 Å². The molecule has 1 rings (SSSR count). The molecule has 0 fully saturated rings. The SMILES string of the molecule is CC(Cc1ccc(O)cc1)NC(=O)C(F)(F)F. The monoisotopic (exact) mass is 247 g/mol. The van der Waals surface area contributed by atoms with Gasteiger partial charge < -0.3 is 10.4 Å². The Hall–Kier alpha value is -1.72. The van der Waals surface area contributed by atoms with Gasteiger partial charge >= 0.3 is 12.1 Å². The molecule has 17 heavy (non-hydrogen) atoms. The molecule has 0 aliphatic rings. The number of nitrogens with one attached hydrogen (secondary N) is 1. The lowest BCUT2D eigenvalue weighted by molar-refractivity contribution is -0.174. The molecular formula is C11H12F3NO2. The number of carbonyl (C=O) groups excluding carboxylic acids is 1. The highest BCUT2D eigenvalue weighted by molar-refractivity contribution is 5.81. The molecule has 1 amide bonds. The molecule has 0 saturated heterocycles. The van der Waals surface area contributed by atoms with E-state index in [1.807, 2.05) is 5.32 Å². The van der Waals surface area contributed by atoms with Crippen molar-refractivity contribution in [3.05, 3.63) is 29.8 Å². The fourth-order valence-corrected chi connectivity index (χ4v) is 1.34. The van der Waals surface area contributed by atoms with E-state index in [2.05, 4.69) is 0 Å². The predicted molar refractivity (Wildman–Crippen MR) is 55.5 cm³/mol. The summed E-state index contributed by atoms with van der Waals surface area (Å²) in [6.07, 6.45) is -4.59. The van der Waals surface area contributed by atoms with E-state index in [0.717, 1.165) is 5.56 Å². The van der Waals surface area contributed by atoms with Gasteiger partial charge in [0.15, 0.2) is 0 Å². The Morgan fingerprint density at radius 2 is 1.88 bits per heavy atom. The summed E-state index contributed by atoms with van der Waals surface area (Å²) in [5, 5.41) is 10.9. The molecule has 1 aromatic rings. The number of amides is 1. The second-order valence-electron chi connectivity index (χ2n) is 3.74. The molecule has 0 aliphatic heterocycles. The zero-order valence-electron chi connectivity index (χ0n) is 9.08. The number of alkyl halides is 3. The van der Waals surface area contributed by atoms with E-state index in [-0.39, 0.29) is 12.2 Å². The minimum absolute atomic E-state index is 0.0840. The Balaban J connectivity index is 2.53. The first-order valence-corrected chi connectivity index (χ1v) is 4.94. The van der Waals surface area contributed by atoms with Gasteiger partial charge in [0.25, 0.3) is 0 Å². The van der Waals surface area contributed by atoms with Gasteiger partial charge in [-0.15, -0.1) is 0 Å². The van der Waals surface area contributed by atoms with Crippen molar-refractivity contribution >= 4 is 5.91 Å². The maximum atomic E-state index is 12.0. The maximum Gasteiger partial charge on any atom is 0.471 e. The van der Waals surface area contributed by atoms with Crippen LogP contribution in [0.5, 0.6) is 5.75 Å². The zero-order valence-corrected chi connectivity index (χ0v) is 9.08. The summed E-state index contributed by atoms with van der Waals surface area (Å²) in [5.41, 5.74) is 0.734. The van der Waals surface area contributed by atoms with Crippen LogP contribution < -0.4 is 5.32 Å². The van der Waals surface area contributed by atoms with Gasteiger partial charge in [0.05, 0.1) is 0 Å². The molecule has 0 aromatic heterocycles. The van der Waals surface area contributed by atoms with Gasteiger partial charge in [-0.2, -0.15) is 13.2 Å². The second kappa shape index (κ2) is 5.07. The lowest BCUT2D eigenvalue weighted by Gasteiger charge is -2.15. The highest BCUT2D eigenvalue weighted by Crippen LogP contribution is 2.15. The molecule has 0 bridgehead atoms. The fraction of sp³-hybridized carbons (Fsp3) is 0.364. The van der Waals surface area contributed by atoms with Crippen molar-refractivity contribution in [3.63, 3.8) is 0 Å². The van der Waals surface area contributed by atoms with Crippen LogP contribution in [-0.2, 0) is 11.2 Å². The predicted octanol–water partition coefficient (Wildman–Crippen LogP) is 2.00. The van der Waals surface area contributed by atoms with Crippen LogP contribution in [-0.4, -0.2) is 23.2 Å². The molecule has 94 valence electrons. The first kappa shape index (κ1) is 13.3. The highest BCUT2D eigenvalue weighted by atomic mass is 19.4. The van der Waals surface area contributed by atoms with Crippen molar-refractivity contribution in [2.24, 2.45) is 0 Å². The minimum atomic E-state index is -4.86. The second-order valence-corrected chi connectivity index (χ2v) is 3.74. The Morgan fingerprint density at radius 3 is 2.35 bits per heavy atom. The molecule has 0 heterocycles. The van der Waals surface area contributed by atoms with Gasteiger partial charge in [-0.05, 0) is 31.0 Å². The number of aromatic hydroxyl groups is 1. The normalized spacial score (nSPS) is 13.2. The standard InChI is InChI=1S/C11H12F3NO2/c1-7(15-10(17)11(12,13)14)6-8-2-4-9(16)5-3-8/h2-5,7,16H,6H2,1H3,(H,15,17). The first-order valence-electron chi connectivity index (χ1n) is 4.94. The van der Waals surface area contributed by atoms with E-state index in [4.69, 9.17) is 5.11 Å². The molecule has 0 saturated carbocycles. The van der Waals surface area contributed by atoms with Crippen LogP contribution in [0.25, 0.3) is 0 Å². The summed E-state index contributed by atoms with van der Waals surface area (Å²) < 4.78 is 35.9. The van der Waals surface area contributed by atoms with E-state index >= 15 is 0 Å². The molecule has 3 nitrogen and oxygen atoms in total. The largest absolute Gasteiger partial charge is 0.508 e. The number of benzene rings is 1. The Kier molecular flexibility index (Phi) is 3.98. The van der Waals surface area contributed by atoms with Gasteiger partial charge in [0.1, 0.15) is 5.75 Å². The lowest BCUT2D eigenvalue weighted by Crippen LogP contribution is -2.42. The molecule has 2 N–H and O–H groups in total. The third kappa shape index (κ3) is 4.34. The van der Waals surface area contributed by atoms with Crippen LogP contribution in [0.4, 0.5) is 13.2 Å².